The zero-order valence-corrected chi connectivity index (χ0v) is 17.5. The zero-order chi connectivity index (χ0) is 24.0. The van der Waals surface area contributed by atoms with E-state index in [0.717, 1.165) is 0 Å². The van der Waals surface area contributed by atoms with Gasteiger partial charge in [-0.05, 0) is 18.8 Å². The maximum Gasteiger partial charge on any atom is 0.326 e. The SMILES string of the molecule is CC(C)[C@H](NC(=O)CNC(=O)CNC(=O)CN)C(=O)N[C@@H](CCCNC(N)=O)C(=O)O. The van der Waals surface area contributed by atoms with Gasteiger partial charge in [0, 0.05) is 6.54 Å². The van der Waals surface area contributed by atoms with E-state index in [0.29, 0.717) is 0 Å². The van der Waals surface area contributed by atoms with Crippen molar-refractivity contribution < 1.29 is 33.9 Å². The molecule has 0 radical (unpaired) electrons. The molecule has 176 valence electrons. The second-order valence-corrected chi connectivity index (χ2v) is 6.88. The van der Waals surface area contributed by atoms with E-state index in [1.807, 2.05) is 0 Å². The lowest BCUT2D eigenvalue weighted by molar-refractivity contribution is -0.142. The minimum atomic E-state index is -1.27. The zero-order valence-electron chi connectivity index (χ0n) is 17.5. The maximum absolute atomic E-state index is 12.5. The average molecular weight is 445 g/mol. The van der Waals surface area contributed by atoms with Crippen LogP contribution in [0.3, 0.4) is 0 Å². The van der Waals surface area contributed by atoms with Crippen molar-refractivity contribution in [2.24, 2.45) is 17.4 Å². The standard InChI is InChI=1S/C17H31N7O7/c1-9(2)14(24-13(27)8-22-12(26)7-21-11(25)6-18)15(28)23-10(16(29)30)4-3-5-20-17(19)31/h9-10,14H,3-8,18H2,1-2H3,(H,21,25)(H,22,26)(H,23,28)(H,24,27)(H,29,30)(H3,19,20,31)/t10-,14-/m0/s1. The Kier molecular flexibility index (Phi) is 12.9. The first-order valence-corrected chi connectivity index (χ1v) is 9.57. The molecule has 0 rings (SSSR count). The number of nitrogens with one attached hydrogen (secondary N) is 5. The van der Waals surface area contributed by atoms with Crippen molar-refractivity contribution in [1.29, 1.82) is 0 Å². The number of aliphatic carboxylic acids is 1. The summed E-state index contributed by atoms with van der Waals surface area (Å²) in [7, 11) is 0. The lowest BCUT2D eigenvalue weighted by Gasteiger charge is -2.24. The maximum atomic E-state index is 12.5. The number of primary amides is 1. The molecule has 0 fully saturated rings. The lowest BCUT2D eigenvalue weighted by Crippen LogP contribution is -2.55. The van der Waals surface area contributed by atoms with Gasteiger partial charge in [-0.2, -0.15) is 0 Å². The summed E-state index contributed by atoms with van der Waals surface area (Å²) in [5.41, 5.74) is 10.0. The molecule has 0 unspecified atom stereocenters. The molecule has 0 aromatic rings. The predicted molar refractivity (Wildman–Crippen MR) is 108 cm³/mol. The Labute approximate surface area is 179 Å². The Morgan fingerprint density at radius 3 is 1.97 bits per heavy atom. The van der Waals surface area contributed by atoms with Crippen molar-refractivity contribution in [3.05, 3.63) is 0 Å². The second-order valence-electron chi connectivity index (χ2n) is 6.88. The molecule has 0 heterocycles. The molecule has 10 N–H and O–H groups in total. The van der Waals surface area contributed by atoms with Gasteiger partial charge in [-0.25, -0.2) is 9.59 Å². The molecule has 14 heteroatoms. The number of carbonyl (C=O) groups excluding carboxylic acids is 5. The van der Waals surface area contributed by atoms with E-state index in [-0.39, 0.29) is 38.4 Å². The van der Waals surface area contributed by atoms with E-state index in [1.54, 1.807) is 13.8 Å². The van der Waals surface area contributed by atoms with Crippen molar-refractivity contribution in [2.45, 2.75) is 38.8 Å². The first kappa shape index (κ1) is 27.6. The van der Waals surface area contributed by atoms with Crippen LogP contribution in [0.2, 0.25) is 0 Å². The smallest absolute Gasteiger partial charge is 0.326 e. The summed E-state index contributed by atoms with van der Waals surface area (Å²) in [6, 6.07) is -3.02. The van der Waals surface area contributed by atoms with Crippen LogP contribution in [0.1, 0.15) is 26.7 Å². The highest BCUT2D eigenvalue weighted by molar-refractivity contribution is 5.92. The Hall–Kier alpha value is -3.42. The third-order valence-electron chi connectivity index (χ3n) is 3.93. The van der Waals surface area contributed by atoms with Gasteiger partial charge in [-0.1, -0.05) is 13.8 Å². The molecule has 0 spiro atoms. The number of carboxylic acids is 1. The predicted octanol–water partition coefficient (Wildman–Crippen LogP) is -3.66. The molecule has 0 saturated heterocycles. The lowest BCUT2D eigenvalue weighted by atomic mass is 10.0. The van der Waals surface area contributed by atoms with Gasteiger partial charge >= 0.3 is 12.0 Å². The second kappa shape index (κ2) is 14.5. The topological polar surface area (TPSA) is 235 Å². The van der Waals surface area contributed by atoms with Crippen molar-refractivity contribution in [1.82, 2.24) is 26.6 Å². The van der Waals surface area contributed by atoms with Gasteiger partial charge in [-0.15, -0.1) is 0 Å². The number of nitrogens with two attached hydrogens (primary N) is 2. The van der Waals surface area contributed by atoms with E-state index in [1.165, 1.54) is 0 Å². The molecular formula is C17H31N7O7. The summed E-state index contributed by atoms with van der Waals surface area (Å²) in [6.45, 7) is 2.36. The highest BCUT2D eigenvalue weighted by atomic mass is 16.4. The number of hydrogen-bond acceptors (Lipinski definition) is 7. The summed E-state index contributed by atoms with van der Waals surface area (Å²) in [6.07, 6.45) is 0.288. The third-order valence-corrected chi connectivity index (χ3v) is 3.93. The van der Waals surface area contributed by atoms with Gasteiger partial charge in [0.1, 0.15) is 12.1 Å². The third kappa shape index (κ3) is 12.7. The highest BCUT2D eigenvalue weighted by Crippen LogP contribution is 2.04. The van der Waals surface area contributed by atoms with Crippen LogP contribution in [-0.2, 0) is 24.0 Å². The first-order valence-electron chi connectivity index (χ1n) is 9.57. The van der Waals surface area contributed by atoms with Crippen LogP contribution in [0.5, 0.6) is 0 Å². The Morgan fingerprint density at radius 2 is 1.45 bits per heavy atom. The van der Waals surface area contributed by atoms with Gasteiger partial charge in [0.25, 0.3) is 0 Å². The first-order chi connectivity index (χ1) is 14.5. The molecule has 2 atom stereocenters. The van der Waals surface area contributed by atoms with Crippen LogP contribution in [-0.4, -0.2) is 79.0 Å². The molecule has 0 aliphatic heterocycles. The van der Waals surface area contributed by atoms with Crippen LogP contribution < -0.4 is 38.1 Å². The number of amides is 6. The summed E-state index contributed by atoms with van der Waals surface area (Å²) >= 11 is 0. The summed E-state index contributed by atoms with van der Waals surface area (Å²) in [5, 5.41) is 20.9. The fraction of sp³-hybridized carbons (Fsp3) is 0.647. The van der Waals surface area contributed by atoms with Gasteiger partial charge < -0.3 is 43.2 Å². The molecule has 0 saturated carbocycles. The monoisotopic (exact) mass is 445 g/mol. The summed E-state index contributed by atoms with van der Waals surface area (Å²) in [4.78, 5) is 69.2. The van der Waals surface area contributed by atoms with Gasteiger partial charge in [0.05, 0.1) is 19.6 Å². The minimum Gasteiger partial charge on any atom is -0.480 e. The number of hydrogen-bond donors (Lipinski definition) is 8. The van der Waals surface area contributed by atoms with Gasteiger partial charge in [0.15, 0.2) is 0 Å². The summed E-state index contributed by atoms with van der Waals surface area (Å²) < 4.78 is 0. The Balaban J connectivity index is 4.68. The molecule has 14 nitrogen and oxygen atoms in total. The average Bonchev–Trinajstić information content (AvgIpc) is 2.69. The van der Waals surface area contributed by atoms with Crippen LogP contribution in [0.25, 0.3) is 0 Å². The van der Waals surface area contributed by atoms with Gasteiger partial charge in [-0.3, -0.25) is 19.2 Å². The van der Waals surface area contributed by atoms with Crippen molar-refractivity contribution in [3.63, 3.8) is 0 Å². The summed E-state index contributed by atoms with van der Waals surface area (Å²) in [5.74, 6) is -4.19. The minimum absolute atomic E-state index is 0.0324. The van der Waals surface area contributed by atoms with E-state index in [2.05, 4.69) is 26.6 Å². The van der Waals surface area contributed by atoms with E-state index in [9.17, 15) is 33.9 Å². The largest absolute Gasteiger partial charge is 0.480 e. The van der Waals surface area contributed by atoms with E-state index in [4.69, 9.17) is 11.5 Å². The number of carboxylic acid groups (broad SMARTS) is 1. The fourth-order valence-electron chi connectivity index (χ4n) is 2.29. The highest BCUT2D eigenvalue weighted by Gasteiger charge is 2.28. The number of urea groups is 1. The Morgan fingerprint density at radius 1 is 0.871 bits per heavy atom. The molecule has 0 aromatic carbocycles. The van der Waals surface area contributed by atoms with Crippen LogP contribution in [0, 0.1) is 5.92 Å². The van der Waals surface area contributed by atoms with Crippen LogP contribution in [0.15, 0.2) is 0 Å². The molecule has 0 aliphatic rings. The molecule has 31 heavy (non-hydrogen) atoms. The van der Waals surface area contributed by atoms with E-state index < -0.39 is 54.3 Å². The molecule has 6 amide bonds. The molecule has 0 aromatic heterocycles. The van der Waals surface area contributed by atoms with Crippen molar-refractivity contribution >= 4 is 35.6 Å². The van der Waals surface area contributed by atoms with Crippen LogP contribution in [0.4, 0.5) is 4.79 Å². The van der Waals surface area contributed by atoms with Crippen LogP contribution >= 0.6 is 0 Å². The molecule has 0 aliphatic carbocycles. The fourth-order valence-corrected chi connectivity index (χ4v) is 2.29. The van der Waals surface area contributed by atoms with Gasteiger partial charge in [0.2, 0.25) is 23.6 Å². The number of carbonyl (C=O) groups is 6. The van der Waals surface area contributed by atoms with Crippen molar-refractivity contribution in [3.8, 4) is 0 Å². The Bertz CT molecular complexity index is 669. The molecular weight excluding hydrogens is 414 g/mol. The normalized spacial score (nSPS) is 12.3. The number of rotatable bonds is 14. The quantitative estimate of drug-likeness (QED) is 0.124. The molecule has 0 bridgehead atoms. The van der Waals surface area contributed by atoms with Crippen molar-refractivity contribution in [2.75, 3.05) is 26.2 Å². The van der Waals surface area contributed by atoms with E-state index >= 15 is 0 Å².